The third-order valence-corrected chi connectivity index (χ3v) is 4.70. The van der Waals surface area contributed by atoms with Gasteiger partial charge < -0.3 is 19.7 Å². The second kappa shape index (κ2) is 10.3. The summed E-state index contributed by atoms with van der Waals surface area (Å²) in [6.45, 7) is 9.19. The highest BCUT2D eigenvalue weighted by Crippen LogP contribution is 2.25. The standard InChI is InChI=1S/C19H29N3O2.HI/c1-3-20-19(21-13-16-8-6-11-23-16)22-10-12-24-18(14-22)17-9-5-4-7-15(17)2;/h4-5,7,9,16,18H,3,6,8,10-14H2,1-2H3,(H,20,21);1H. The molecule has 1 aromatic carbocycles. The summed E-state index contributed by atoms with van der Waals surface area (Å²) in [7, 11) is 0. The molecule has 0 aliphatic carbocycles. The third kappa shape index (κ3) is 5.56. The van der Waals surface area contributed by atoms with Crippen LogP contribution in [0.5, 0.6) is 0 Å². The van der Waals surface area contributed by atoms with Crippen LogP contribution < -0.4 is 5.32 Å². The summed E-state index contributed by atoms with van der Waals surface area (Å²) in [5.74, 6) is 0.981. The van der Waals surface area contributed by atoms with E-state index in [4.69, 9.17) is 14.5 Å². The van der Waals surface area contributed by atoms with Gasteiger partial charge in [0, 0.05) is 19.7 Å². The van der Waals surface area contributed by atoms with Crippen molar-refractivity contribution in [3.05, 3.63) is 35.4 Å². The Morgan fingerprint density at radius 3 is 2.84 bits per heavy atom. The third-order valence-electron chi connectivity index (χ3n) is 4.70. The minimum absolute atomic E-state index is 0. The van der Waals surface area contributed by atoms with Crippen molar-refractivity contribution in [2.24, 2.45) is 4.99 Å². The van der Waals surface area contributed by atoms with Crippen molar-refractivity contribution < 1.29 is 9.47 Å². The number of ether oxygens (including phenoxy) is 2. The number of aliphatic imine (C=N–C) groups is 1. The Morgan fingerprint density at radius 1 is 1.28 bits per heavy atom. The number of nitrogens with one attached hydrogen (secondary N) is 1. The van der Waals surface area contributed by atoms with Gasteiger partial charge in [-0.2, -0.15) is 0 Å². The van der Waals surface area contributed by atoms with E-state index in [-0.39, 0.29) is 36.2 Å². The average molecular weight is 459 g/mol. The van der Waals surface area contributed by atoms with Gasteiger partial charge >= 0.3 is 0 Å². The van der Waals surface area contributed by atoms with Gasteiger partial charge in [0.05, 0.1) is 25.8 Å². The van der Waals surface area contributed by atoms with Crippen molar-refractivity contribution in [3.8, 4) is 0 Å². The molecule has 2 fully saturated rings. The van der Waals surface area contributed by atoms with E-state index in [0.29, 0.717) is 0 Å². The van der Waals surface area contributed by atoms with Crippen LogP contribution in [0.15, 0.2) is 29.3 Å². The first-order valence-electron chi connectivity index (χ1n) is 9.10. The molecule has 0 radical (unpaired) electrons. The molecule has 2 heterocycles. The monoisotopic (exact) mass is 459 g/mol. The molecule has 1 aromatic rings. The number of benzene rings is 1. The van der Waals surface area contributed by atoms with Crippen molar-refractivity contribution in [1.29, 1.82) is 0 Å². The molecular weight excluding hydrogens is 429 g/mol. The highest BCUT2D eigenvalue weighted by molar-refractivity contribution is 14.0. The molecule has 0 aromatic heterocycles. The van der Waals surface area contributed by atoms with Crippen LogP contribution in [0.1, 0.15) is 37.0 Å². The topological polar surface area (TPSA) is 46.1 Å². The van der Waals surface area contributed by atoms with E-state index in [9.17, 15) is 0 Å². The average Bonchev–Trinajstić information content (AvgIpc) is 3.13. The van der Waals surface area contributed by atoms with E-state index < -0.39 is 0 Å². The molecule has 0 spiro atoms. The second-order valence-corrected chi connectivity index (χ2v) is 6.49. The molecule has 2 aliphatic heterocycles. The van der Waals surface area contributed by atoms with Crippen LogP contribution >= 0.6 is 24.0 Å². The lowest BCUT2D eigenvalue weighted by molar-refractivity contribution is -0.00842. The fourth-order valence-electron chi connectivity index (χ4n) is 3.38. The van der Waals surface area contributed by atoms with Crippen molar-refractivity contribution >= 4 is 29.9 Å². The number of hydrogen-bond acceptors (Lipinski definition) is 3. The summed E-state index contributed by atoms with van der Waals surface area (Å²) in [6, 6.07) is 8.47. The Bertz CT molecular complexity index is 561. The Labute approximate surface area is 168 Å². The smallest absolute Gasteiger partial charge is 0.194 e. The van der Waals surface area contributed by atoms with E-state index in [2.05, 4.69) is 48.3 Å². The molecule has 2 unspecified atom stereocenters. The van der Waals surface area contributed by atoms with Gasteiger partial charge in [-0.1, -0.05) is 24.3 Å². The van der Waals surface area contributed by atoms with Crippen molar-refractivity contribution in [1.82, 2.24) is 10.2 Å². The summed E-state index contributed by atoms with van der Waals surface area (Å²) in [5.41, 5.74) is 2.56. The van der Waals surface area contributed by atoms with Gasteiger partial charge in [-0.15, -0.1) is 24.0 Å². The molecule has 2 atom stereocenters. The predicted octanol–water partition coefficient (Wildman–Crippen LogP) is 3.13. The molecule has 5 nitrogen and oxygen atoms in total. The first-order chi connectivity index (χ1) is 11.8. The lowest BCUT2D eigenvalue weighted by atomic mass is 10.0. The van der Waals surface area contributed by atoms with E-state index in [1.165, 1.54) is 11.1 Å². The van der Waals surface area contributed by atoms with Crippen LogP contribution in [0.25, 0.3) is 0 Å². The molecule has 0 saturated carbocycles. The van der Waals surface area contributed by atoms with Gasteiger partial charge in [-0.3, -0.25) is 4.99 Å². The fraction of sp³-hybridized carbons (Fsp3) is 0.632. The molecule has 140 valence electrons. The van der Waals surface area contributed by atoms with Crippen LogP contribution in [0.2, 0.25) is 0 Å². The second-order valence-electron chi connectivity index (χ2n) is 6.49. The van der Waals surface area contributed by atoms with Crippen LogP contribution in [0.4, 0.5) is 0 Å². The minimum atomic E-state index is 0. The zero-order valence-electron chi connectivity index (χ0n) is 15.2. The lowest BCUT2D eigenvalue weighted by Gasteiger charge is -2.36. The zero-order valence-corrected chi connectivity index (χ0v) is 17.6. The molecule has 0 amide bonds. The van der Waals surface area contributed by atoms with Crippen LogP contribution in [0, 0.1) is 6.92 Å². The maximum absolute atomic E-state index is 6.03. The van der Waals surface area contributed by atoms with Gasteiger partial charge in [0.15, 0.2) is 5.96 Å². The summed E-state index contributed by atoms with van der Waals surface area (Å²) in [6.07, 6.45) is 2.67. The SMILES string of the molecule is CCNC(=NCC1CCCO1)N1CCOC(c2ccccc2C)C1.I. The van der Waals surface area contributed by atoms with Crippen molar-refractivity contribution in [3.63, 3.8) is 0 Å². The number of halogens is 1. The van der Waals surface area contributed by atoms with Gasteiger partial charge in [0.1, 0.15) is 6.10 Å². The quantitative estimate of drug-likeness (QED) is 0.427. The first-order valence-corrected chi connectivity index (χ1v) is 9.10. The first kappa shape index (κ1) is 20.5. The van der Waals surface area contributed by atoms with Crippen molar-refractivity contribution in [2.45, 2.75) is 38.9 Å². The molecular formula is C19H30IN3O2. The normalized spacial score (nSPS) is 24.1. The summed E-state index contributed by atoms with van der Waals surface area (Å²) in [4.78, 5) is 7.14. The van der Waals surface area contributed by atoms with Crippen LogP contribution in [-0.2, 0) is 9.47 Å². The van der Waals surface area contributed by atoms with E-state index in [1.807, 2.05) is 0 Å². The van der Waals surface area contributed by atoms with E-state index in [1.54, 1.807) is 0 Å². The Hall–Kier alpha value is -0.860. The number of aryl methyl sites for hydroxylation is 1. The maximum Gasteiger partial charge on any atom is 0.194 e. The summed E-state index contributed by atoms with van der Waals surface area (Å²) < 4.78 is 11.7. The van der Waals surface area contributed by atoms with Gasteiger partial charge in [0.25, 0.3) is 0 Å². The molecule has 2 aliphatic rings. The van der Waals surface area contributed by atoms with E-state index in [0.717, 1.165) is 58.2 Å². The predicted molar refractivity (Wildman–Crippen MR) is 112 cm³/mol. The minimum Gasteiger partial charge on any atom is -0.376 e. The molecule has 25 heavy (non-hydrogen) atoms. The van der Waals surface area contributed by atoms with Gasteiger partial charge in [-0.25, -0.2) is 0 Å². The molecule has 2 saturated heterocycles. The molecule has 6 heteroatoms. The number of morpholine rings is 1. The number of guanidine groups is 1. The molecule has 3 rings (SSSR count). The number of rotatable bonds is 4. The fourth-order valence-corrected chi connectivity index (χ4v) is 3.38. The van der Waals surface area contributed by atoms with Crippen LogP contribution in [0.3, 0.4) is 0 Å². The Kier molecular flexibility index (Phi) is 8.45. The lowest BCUT2D eigenvalue weighted by Crippen LogP contribution is -2.48. The maximum atomic E-state index is 6.03. The number of nitrogens with zero attached hydrogens (tertiary/aromatic N) is 2. The Morgan fingerprint density at radius 2 is 2.12 bits per heavy atom. The highest BCUT2D eigenvalue weighted by atomic mass is 127. The number of hydrogen-bond donors (Lipinski definition) is 1. The zero-order chi connectivity index (χ0) is 16.8. The molecule has 0 bridgehead atoms. The van der Waals surface area contributed by atoms with Crippen LogP contribution in [-0.4, -0.2) is 56.4 Å². The largest absolute Gasteiger partial charge is 0.376 e. The van der Waals surface area contributed by atoms with E-state index >= 15 is 0 Å². The van der Waals surface area contributed by atoms with Gasteiger partial charge in [0.2, 0.25) is 0 Å². The Balaban J connectivity index is 0.00000225. The highest BCUT2D eigenvalue weighted by Gasteiger charge is 2.25. The van der Waals surface area contributed by atoms with Crippen molar-refractivity contribution in [2.75, 3.05) is 39.4 Å². The van der Waals surface area contributed by atoms with Gasteiger partial charge in [-0.05, 0) is 37.8 Å². The summed E-state index contributed by atoms with van der Waals surface area (Å²) in [5, 5.41) is 3.43. The molecule has 1 N–H and O–H groups in total. The summed E-state index contributed by atoms with van der Waals surface area (Å²) >= 11 is 0.